The molecule has 7 nitrogen and oxygen atoms in total. The highest BCUT2D eigenvalue weighted by Crippen LogP contribution is 2.59. The molecule has 4 rings (SSSR count). The van der Waals surface area contributed by atoms with Gasteiger partial charge in [-0.25, -0.2) is 4.98 Å². The predicted molar refractivity (Wildman–Crippen MR) is 153 cm³/mol. The van der Waals surface area contributed by atoms with Crippen LogP contribution in [-0.4, -0.2) is 48.4 Å². The van der Waals surface area contributed by atoms with E-state index < -0.39 is 16.6 Å². The predicted octanol–water partition coefficient (Wildman–Crippen LogP) is 7.35. The summed E-state index contributed by atoms with van der Waals surface area (Å²) < 4.78 is 16.6. The number of fused-ring (bicyclic) bond motifs is 1. The Hall–Kier alpha value is -1.01. The minimum absolute atomic E-state index is 0.0192. The van der Waals surface area contributed by atoms with E-state index in [1.165, 1.54) is 6.42 Å². The second-order valence-corrected chi connectivity index (χ2v) is 24.0. The molecule has 2 aromatic heterocycles. The van der Waals surface area contributed by atoms with Crippen molar-refractivity contribution in [1.82, 2.24) is 19.5 Å². The number of nitrogens with zero attached hydrogens (tertiary/aromatic N) is 4. The largest absolute Gasteiger partial charge is 0.413 e. The zero-order valence-electron chi connectivity index (χ0n) is 23.9. The number of nitrogens with two attached hydrogens (primary N) is 1. The summed E-state index contributed by atoms with van der Waals surface area (Å²) in [5.74, 6) is 0.177. The van der Waals surface area contributed by atoms with E-state index in [1.807, 2.05) is 6.33 Å². The van der Waals surface area contributed by atoms with Crippen LogP contribution in [0, 0.1) is 5.41 Å². The molecule has 0 radical (unpaired) electrons. The maximum Gasteiger partial charge on any atom is 0.223 e. The first-order valence-electron chi connectivity index (χ1n) is 13.4. The molecule has 36 heavy (non-hydrogen) atoms. The molecule has 2 heterocycles. The first-order chi connectivity index (χ1) is 16.4. The van der Waals surface area contributed by atoms with Gasteiger partial charge >= 0.3 is 0 Å². The van der Waals surface area contributed by atoms with Gasteiger partial charge in [-0.15, -0.1) is 0 Å². The molecule has 1 spiro atoms. The molecule has 2 N–H and O–H groups in total. The van der Waals surface area contributed by atoms with E-state index in [4.69, 9.17) is 26.2 Å². The zero-order valence-corrected chi connectivity index (χ0v) is 26.7. The van der Waals surface area contributed by atoms with Crippen molar-refractivity contribution in [2.24, 2.45) is 5.41 Å². The molecule has 2 aromatic rings. The fourth-order valence-electron chi connectivity index (χ4n) is 5.59. The second kappa shape index (κ2) is 9.04. The number of nitrogen functional groups attached to an aromatic ring is 1. The number of halogens is 1. The molecule has 0 amide bonds. The second-order valence-electron chi connectivity index (χ2n) is 14.1. The van der Waals surface area contributed by atoms with Crippen molar-refractivity contribution in [2.75, 3.05) is 5.73 Å². The molecular weight excluding hydrogens is 506 g/mol. The molecule has 0 bridgehead atoms. The van der Waals surface area contributed by atoms with Crippen molar-refractivity contribution >= 4 is 45.3 Å². The maximum atomic E-state index is 7.28. The topological polar surface area (TPSA) is 88.1 Å². The lowest BCUT2D eigenvalue weighted by atomic mass is 9.80. The lowest BCUT2D eigenvalue weighted by molar-refractivity contribution is -0.0175. The average molecular weight is 552 g/mol. The van der Waals surface area contributed by atoms with Gasteiger partial charge in [0.05, 0.1) is 18.5 Å². The monoisotopic (exact) mass is 551 g/mol. The smallest absolute Gasteiger partial charge is 0.223 e. The number of imidazole rings is 1. The SMILES string of the molecule is CC(C)(C)[Si](C)(C)O[C@H]1CCC[C@]12C[C@@H](n1cnc3c(Cl)nc(N)nc31)C[C@@H]2O[Si](C)(C)C(C)(C)C. The van der Waals surface area contributed by atoms with Gasteiger partial charge < -0.3 is 19.2 Å². The van der Waals surface area contributed by atoms with Gasteiger partial charge in [-0.3, -0.25) is 0 Å². The molecule has 0 saturated heterocycles. The van der Waals surface area contributed by atoms with E-state index in [1.54, 1.807) is 0 Å². The summed E-state index contributed by atoms with van der Waals surface area (Å²) in [7, 11) is -3.96. The highest BCUT2D eigenvalue weighted by molar-refractivity contribution is 6.74. The van der Waals surface area contributed by atoms with Crippen LogP contribution in [0.3, 0.4) is 0 Å². The van der Waals surface area contributed by atoms with Gasteiger partial charge in [-0.05, 0) is 61.9 Å². The molecule has 0 aliphatic heterocycles. The van der Waals surface area contributed by atoms with Crippen molar-refractivity contribution in [1.29, 1.82) is 0 Å². The summed E-state index contributed by atoms with van der Waals surface area (Å²) in [5, 5.41) is 0.603. The Morgan fingerprint density at radius 3 is 2.17 bits per heavy atom. The molecule has 2 fully saturated rings. The van der Waals surface area contributed by atoms with E-state index in [0.29, 0.717) is 16.3 Å². The number of hydrogen-bond acceptors (Lipinski definition) is 6. The van der Waals surface area contributed by atoms with E-state index >= 15 is 0 Å². The van der Waals surface area contributed by atoms with Gasteiger partial charge in [0.15, 0.2) is 27.4 Å². The van der Waals surface area contributed by atoms with Crippen LogP contribution < -0.4 is 5.73 Å². The molecule has 4 atom stereocenters. The van der Waals surface area contributed by atoms with Crippen molar-refractivity contribution in [3.05, 3.63) is 11.5 Å². The van der Waals surface area contributed by atoms with E-state index in [0.717, 1.165) is 25.7 Å². The highest BCUT2D eigenvalue weighted by Gasteiger charge is 2.59. The Morgan fingerprint density at radius 2 is 1.58 bits per heavy atom. The summed E-state index contributed by atoms with van der Waals surface area (Å²) in [6.45, 7) is 23.4. The summed E-state index contributed by atoms with van der Waals surface area (Å²) in [6, 6.07) is 0.193. The summed E-state index contributed by atoms with van der Waals surface area (Å²) >= 11 is 6.37. The van der Waals surface area contributed by atoms with Gasteiger partial charge in [0, 0.05) is 11.5 Å². The van der Waals surface area contributed by atoms with Crippen LogP contribution >= 0.6 is 11.6 Å². The zero-order chi connectivity index (χ0) is 26.9. The van der Waals surface area contributed by atoms with Crippen LogP contribution in [0.4, 0.5) is 5.95 Å². The Balaban J connectivity index is 1.76. The summed E-state index contributed by atoms with van der Waals surface area (Å²) in [4.78, 5) is 13.2. The molecule has 10 heteroatoms. The van der Waals surface area contributed by atoms with Crippen molar-refractivity contribution in [2.45, 2.75) is 128 Å². The van der Waals surface area contributed by atoms with Gasteiger partial charge in [0.1, 0.15) is 5.52 Å². The van der Waals surface area contributed by atoms with Gasteiger partial charge in [0.25, 0.3) is 0 Å². The molecule has 2 saturated carbocycles. The molecule has 202 valence electrons. The Morgan fingerprint density at radius 1 is 1.00 bits per heavy atom. The van der Waals surface area contributed by atoms with Crippen LogP contribution in [0.25, 0.3) is 11.2 Å². The maximum absolute atomic E-state index is 7.28. The minimum Gasteiger partial charge on any atom is -0.413 e. The van der Waals surface area contributed by atoms with Crippen molar-refractivity contribution in [3.63, 3.8) is 0 Å². The van der Waals surface area contributed by atoms with E-state index in [2.05, 4.69) is 87.2 Å². The van der Waals surface area contributed by atoms with Gasteiger partial charge in [-0.2, -0.15) is 9.97 Å². The Bertz CT molecular complexity index is 1120. The van der Waals surface area contributed by atoms with Gasteiger partial charge in [0.2, 0.25) is 5.95 Å². The third-order valence-corrected chi connectivity index (χ3v) is 19.0. The van der Waals surface area contributed by atoms with E-state index in [-0.39, 0.29) is 39.7 Å². The number of hydrogen-bond donors (Lipinski definition) is 1. The number of aromatic nitrogens is 4. The van der Waals surface area contributed by atoms with Crippen molar-refractivity contribution < 1.29 is 8.85 Å². The fraction of sp³-hybridized carbons (Fsp3) is 0.808. The summed E-state index contributed by atoms with van der Waals surface area (Å²) in [6.07, 6.45) is 7.50. The van der Waals surface area contributed by atoms with Crippen LogP contribution in [-0.2, 0) is 8.85 Å². The van der Waals surface area contributed by atoms with Crippen LogP contribution in [0.1, 0.15) is 79.7 Å². The molecule has 2 aliphatic carbocycles. The van der Waals surface area contributed by atoms with Crippen LogP contribution in [0.5, 0.6) is 0 Å². The first-order valence-corrected chi connectivity index (χ1v) is 19.6. The molecular formula is C26H46ClN5O2Si2. The van der Waals surface area contributed by atoms with Crippen LogP contribution in [0.15, 0.2) is 6.33 Å². The molecule has 0 unspecified atom stereocenters. The molecule has 0 aromatic carbocycles. The normalized spacial score (nSPS) is 28.0. The third-order valence-electron chi connectivity index (χ3n) is 9.77. The van der Waals surface area contributed by atoms with Crippen LogP contribution in [0.2, 0.25) is 41.4 Å². The van der Waals surface area contributed by atoms with Gasteiger partial charge in [-0.1, -0.05) is 59.6 Å². The lowest BCUT2D eigenvalue weighted by Gasteiger charge is -2.47. The first kappa shape index (κ1) is 28.0. The van der Waals surface area contributed by atoms with Crippen molar-refractivity contribution in [3.8, 4) is 0 Å². The summed E-state index contributed by atoms with van der Waals surface area (Å²) in [5.41, 5.74) is 7.27. The third kappa shape index (κ3) is 4.79. The lowest BCUT2D eigenvalue weighted by Crippen LogP contribution is -2.53. The highest BCUT2D eigenvalue weighted by atomic mass is 35.5. The molecule has 2 aliphatic rings. The fourth-order valence-corrected chi connectivity index (χ4v) is 8.62. The minimum atomic E-state index is -2.01. The Kier molecular flexibility index (Phi) is 7.03. The Labute approximate surface area is 224 Å². The standard InChI is InChI=1S/C26H46ClN5O2Si2/c1-24(2,3)35(7,8)33-18-12-11-13-26(18)15-17(14-19(26)34-36(9,10)25(4,5)6)32-16-29-20-21(27)30-23(28)31-22(20)32/h16-19H,11-15H2,1-10H3,(H2,28,30,31)/t17-,18-,19-,26-/m0/s1. The quantitative estimate of drug-likeness (QED) is 0.308. The number of rotatable bonds is 5. The van der Waals surface area contributed by atoms with E-state index in [9.17, 15) is 0 Å². The number of anilines is 1. The average Bonchev–Trinajstić information content (AvgIpc) is 3.38.